The lowest BCUT2D eigenvalue weighted by molar-refractivity contribution is -0.275. The minimum atomic E-state index is -5.11. The Morgan fingerprint density at radius 3 is 2.54 bits per heavy atom. The van der Waals surface area contributed by atoms with Gasteiger partial charge in [-0.1, -0.05) is 6.07 Å². The van der Waals surface area contributed by atoms with Crippen LogP contribution in [0.15, 0.2) is 46.2 Å². The van der Waals surface area contributed by atoms with Crippen LogP contribution in [0.1, 0.15) is 28.8 Å². The average Bonchev–Trinajstić information content (AvgIpc) is 3.58. The number of fused-ring (bicyclic) bond motifs is 1. The molecule has 1 N–H and O–H groups in total. The number of amides is 1. The van der Waals surface area contributed by atoms with Crippen molar-refractivity contribution >= 4 is 21.4 Å². The van der Waals surface area contributed by atoms with Crippen LogP contribution >= 0.6 is 0 Å². The molecule has 1 aliphatic rings. The van der Waals surface area contributed by atoms with Gasteiger partial charge in [-0.05, 0) is 37.1 Å². The van der Waals surface area contributed by atoms with Crippen molar-refractivity contribution in [2.75, 3.05) is 0 Å². The molecule has 4 rings (SSSR count). The quantitative estimate of drug-likeness (QED) is 0.457. The van der Waals surface area contributed by atoms with Gasteiger partial charge in [0.05, 0.1) is 15.7 Å². The monoisotopic (exact) mass is 520 g/mol. The van der Waals surface area contributed by atoms with Crippen molar-refractivity contribution in [3.05, 3.63) is 58.1 Å². The van der Waals surface area contributed by atoms with Gasteiger partial charge < -0.3 is 10.1 Å². The van der Waals surface area contributed by atoms with E-state index in [2.05, 4.69) is 15.2 Å². The number of carbonyl (C=O) groups is 1. The van der Waals surface area contributed by atoms with Crippen LogP contribution in [0.2, 0.25) is 0 Å². The highest BCUT2D eigenvalue weighted by Crippen LogP contribution is 2.36. The van der Waals surface area contributed by atoms with Gasteiger partial charge in [0, 0.05) is 18.3 Å². The van der Waals surface area contributed by atoms with Crippen LogP contribution in [-0.2, 0) is 22.9 Å². The van der Waals surface area contributed by atoms with Crippen LogP contribution in [0.5, 0.6) is 5.75 Å². The Morgan fingerprint density at radius 1 is 1.20 bits per heavy atom. The summed E-state index contributed by atoms with van der Waals surface area (Å²) in [6, 6.07) is 5.52. The van der Waals surface area contributed by atoms with Gasteiger partial charge in [0.15, 0.2) is 15.5 Å². The van der Waals surface area contributed by atoms with Crippen LogP contribution in [0.4, 0.5) is 22.0 Å². The minimum Gasteiger partial charge on any atom is -0.405 e. The van der Waals surface area contributed by atoms with Crippen LogP contribution < -0.4 is 15.7 Å². The van der Waals surface area contributed by atoms with Crippen molar-refractivity contribution in [1.82, 2.24) is 19.5 Å². The van der Waals surface area contributed by atoms with E-state index >= 15 is 0 Å². The Kier molecular flexibility index (Phi) is 6.29. The molecule has 1 aliphatic carbocycles. The van der Waals surface area contributed by atoms with Crippen LogP contribution in [0.3, 0.4) is 0 Å². The molecular formula is C20H17F5N4O5S. The van der Waals surface area contributed by atoms with Crippen molar-refractivity contribution in [1.29, 1.82) is 0 Å². The number of benzene rings is 1. The topological polar surface area (TPSA) is 112 Å². The number of rotatable bonds is 8. The largest absolute Gasteiger partial charge is 0.573 e. The van der Waals surface area contributed by atoms with Gasteiger partial charge in [-0.15, -0.1) is 18.3 Å². The number of halogens is 5. The maximum atomic E-state index is 12.9. The van der Waals surface area contributed by atoms with Gasteiger partial charge >= 0.3 is 12.1 Å². The molecule has 0 atom stereocenters. The Labute approximate surface area is 194 Å². The number of nitrogens with one attached hydrogen (secondary N) is 1. The summed E-state index contributed by atoms with van der Waals surface area (Å²) in [5, 5.41) is 5.44. The van der Waals surface area contributed by atoms with Gasteiger partial charge in [-0.2, -0.15) is 0 Å². The fourth-order valence-corrected chi connectivity index (χ4v) is 5.00. The SMILES string of the molecule is O=C(NCc1ccc(S(=O)(=O)C2CC2)cc1OC(F)(F)F)c1ccc2nn(CC(F)F)c(=O)n2c1. The molecule has 0 radical (unpaired) electrons. The zero-order valence-electron chi connectivity index (χ0n) is 17.6. The Morgan fingerprint density at radius 2 is 1.91 bits per heavy atom. The number of hydrogen-bond acceptors (Lipinski definition) is 6. The number of pyridine rings is 1. The second-order valence-electron chi connectivity index (χ2n) is 7.75. The number of aromatic nitrogens is 3. The highest BCUT2D eigenvalue weighted by Gasteiger charge is 2.38. The van der Waals surface area contributed by atoms with E-state index in [4.69, 9.17) is 0 Å². The lowest BCUT2D eigenvalue weighted by atomic mass is 10.2. The summed E-state index contributed by atoms with van der Waals surface area (Å²) in [5.74, 6) is -1.58. The number of ether oxygens (including phenoxy) is 1. The first-order chi connectivity index (χ1) is 16.3. The van der Waals surface area contributed by atoms with Crippen molar-refractivity contribution in [2.24, 2.45) is 0 Å². The van der Waals surface area contributed by atoms with Crippen molar-refractivity contribution in [3.63, 3.8) is 0 Å². The van der Waals surface area contributed by atoms with Crippen molar-refractivity contribution < 1.29 is 39.9 Å². The number of alkyl halides is 5. The summed E-state index contributed by atoms with van der Waals surface area (Å²) in [7, 11) is -3.79. The summed E-state index contributed by atoms with van der Waals surface area (Å²) in [6.45, 7) is -1.40. The first-order valence-electron chi connectivity index (χ1n) is 10.1. The number of hydrogen-bond donors (Lipinski definition) is 1. The molecule has 0 unspecified atom stereocenters. The molecule has 1 aromatic carbocycles. The maximum absolute atomic E-state index is 12.9. The Balaban J connectivity index is 1.56. The highest BCUT2D eigenvalue weighted by molar-refractivity contribution is 7.92. The summed E-state index contributed by atoms with van der Waals surface area (Å²) < 4.78 is 94.1. The third-order valence-electron chi connectivity index (χ3n) is 5.15. The molecule has 9 nitrogen and oxygen atoms in total. The fourth-order valence-electron chi connectivity index (χ4n) is 3.33. The first kappa shape index (κ1) is 24.6. The van der Waals surface area contributed by atoms with E-state index in [0.717, 1.165) is 28.8 Å². The molecule has 1 amide bonds. The van der Waals surface area contributed by atoms with E-state index in [1.807, 2.05) is 0 Å². The van der Waals surface area contributed by atoms with Crippen molar-refractivity contribution in [2.45, 2.75) is 48.9 Å². The first-order valence-corrected chi connectivity index (χ1v) is 11.7. The lowest BCUT2D eigenvalue weighted by Gasteiger charge is -2.15. The van der Waals surface area contributed by atoms with E-state index in [9.17, 15) is 40.0 Å². The minimum absolute atomic E-state index is 0.0144. The number of nitrogens with zero attached hydrogens (tertiary/aromatic N) is 3. The van der Waals surface area contributed by atoms with Gasteiger partial charge in [0.2, 0.25) is 0 Å². The zero-order chi connectivity index (χ0) is 25.5. The van der Waals surface area contributed by atoms with E-state index in [-0.39, 0.29) is 21.7 Å². The number of carbonyl (C=O) groups excluding carboxylic acids is 1. The van der Waals surface area contributed by atoms with Crippen molar-refractivity contribution in [3.8, 4) is 5.75 Å². The molecular weight excluding hydrogens is 503 g/mol. The van der Waals surface area contributed by atoms with Crippen LogP contribution in [0, 0.1) is 0 Å². The summed E-state index contributed by atoms with van der Waals surface area (Å²) in [5.41, 5.74) is -1.13. The third-order valence-corrected chi connectivity index (χ3v) is 7.41. The normalized spacial score (nSPS) is 14.5. The Hall–Kier alpha value is -3.49. The average molecular weight is 520 g/mol. The molecule has 1 saturated carbocycles. The molecule has 15 heteroatoms. The smallest absolute Gasteiger partial charge is 0.405 e. The molecule has 2 heterocycles. The summed E-state index contributed by atoms with van der Waals surface area (Å²) >= 11 is 0. The fraction of sp³-hybridized carbons (Fsp3) is 0.350. The molecule has 1 fully saturated rings. The van der Waals surface area contributed by atoms with Crippen LogP contribution in [-0.4, -0.2) is 46.5 Å². The molecule has 35 heavy (non-hydrogen) atoms. The lowest BCUT2D eigenvalue weighted by Crippen LogP contribution is -2.26. The van der Waals surface area contributed by atoms with E-state index < -0.39 is 58.3 Å². The van der Waals surface area contributed by atoms with E-state index in [0.29, 0.717) is 17.5 Å². The standard InChI is InChI=1S/C20H17F5N4O5S/c21-16(22)10-29-19(31)28-9-12(2-6-17(28)27-29)18(30)26-8-11-1-3-14(35(32,33)13-4-5-13)7-15(11)34-20(23,24)25/h1-3,6-7,9,13,16H,4-5,8,10H2,(H,26,30). The second-order valence-corrected chi connectivity index (χ2v) is 9.97. The molecule has 0 saturated heterocycles. The maximum Gasteiger partial charge on any atom is 0.573 e. The van der Waals surface area contributed by atoms with Gasteiger partial charge in [0.25, 0.3) is 12.3 Å². The zero-order valence-corrected chi connectivity index (χ0v) is 18.4. The molecule has 0 spiro atoms. The van der Waals surface area contributed by atoms with Gasteiger partial charge in [-0.3, -0.25) is 4.79 Å². The Bertz CT molecular complexity index is 1440. The molecule has 3 aromatic rings. The molecule has 2 aromatic heterocycles. The predicted molar refractivity (Wildman–Crippen MR) is 110 cm³/mol. The van der Waals surface area contributed by atoms with E-state index in [1.165, 1.54) is 12.1 Å². The third kappa shape index (κ3) is 5.44. The molecule has 188 valence electrons. The van der Waals surface area contributed by atoms with Gasteiger partial charge in [0.1, 0.15) is 12.3 Å². The predicted octanol–water partition coefficient (Wildman–Crippen LogP) is 2.53. The molecule has 0 bridgehead atoms. The highest BCUT2D eigenvalue weighted by atomic mass is 32.2. The van der Waals surface area contributed by atoms with Gasteiger partial charge in [-0.25, -0.2) is 31.1 Å². The summed E-state index contributed by atoms with van der Waals surface area (Å²) in [4.78, 5) is 24.4. The second kappa shape index (κ2) is 8.94. The number of sulfone groups is 1. The summed E-state index contributed by atoms with van der Waals surface area (Å²) in [6.07, 6.45) is -6.03. The van der Waals surface area contributed by atoms with Crippen LogP contribution in [0.25, 0.3) is 5.65 Å². The van der Waals surface area contributed by atoms with E-state index in [1.54, 1.807) is 0 Å². The molecule has 0 aliphatic heterocycles.